The van der Waals surface area contributed by atoms with E-state index in [2.05, 4.69) is 20.7 Å². The van der Waals surface area contributed by atoms with Gasteiger partial charge in [-0.2, -0.15) is 18.4 Å². The highest BCUT2D eigenvalue weighted by molar-refractivity contribution is 9.10. The minimum Gasteiger partial charge on any atom is -0.434 e. The van der Waals surface area contributed by atoms with E-state index in [0.717, 1.165) is 0 Å². The fourth-order valence-corrected chi connectivity index (χ4v) is 1.66. The molecule has 0 N–H and O–H groups in total. The van der Waals surface area contributed by atoms with E-state index in [1.165, 1.54) is 18.2 Å². The maximum atomic E-state index is 12.2. The summed E-state index contributed by atoms with van der Waals surface area (Å²) in [4.78, 5) is 39.2. The van der Waals surface area contributed by atoms with E-state index in [-0.39, 0.29) is 36.1 Å². The molecule has 0 amide bonds. The van der Waals surface area contributed by atoms with Crippen LogP contribution in [0.2, 0.25) is 0 Å². The fraction of sp³-hybridized carbons (Fsp3) is 0.308. The summed E-state index contributed by atoms with van der Waals surface area (Å²) in [5.74, 6) is -0.996. The van der Waals surface area contributed by atoms with Crippen molar-refractivity contribution in [2.24, 2.45) is 0 Å². The van der Waals surface area contributed by atoms with Crippen LogP contribution in [0, 0.1) is 0 Å². The van der Waals surface area contributed by atoms with Gasteiger partial charge in [0.2, 0.25) is 0 Å². The Kier molecular flexibility index (Phi) is 9.00. The molecule has 0 fully saturated rings. The first-order valence-electron chi connectivity index (χ1n) is 5.64. The molecule has 0 aliphatic carbocycles. The zero-order valence-electron chi connectivity index (χ0n) is 10.9. The maximum absolute atomic E-state index is 12.2. The molecule has 0 radical (unpaired) electrons. The normalized spacial score (nSPS) is 9.38. The quantitative estimate of drug-likeness (QED) is 0.572. The minimum atomic E-state index is -3.02. The molecule has 1 aromatic carbocycles. The molecule has 21 heavy (non-hydrogen) atoms. The largest absolute Gasteiger partial charge is 0.434 e. The number of carbonyl (C=O) groups excluding carboxylic acids is 4. The monoisotopic (exact) mass is 364 g/mol. The van der Waals surface area contributed by atoms with E-state index in [0.29, 0.717) is 4.47 Å². The Balaban J connectivity index is 0.00000122. The van der Waals surface area contributed by atoms with Crippen LogP contribution < -0.4 is 4.74 Å². The van der Waals surface area contributed by atoms with Gasteiger partial charge in [0.05, 0.1) is 12.0 Å². The van der Waals surface area contributed by atoms with Gasteiger partial charge >= 0.3 is 12.8 Å². The van der Waals surface area contributed by atoms with Crippen molar-refractivity contribution in [2.45, 2.75) is 26.4 Å². The summed E-state index contributed by atoms with van der Waals surface area (Å²) in [5, 5.41) is 0. The molecule has 0 saturated carbocycles. The number of hydrogen-bond donors (Lipinski definition) is 0. The second-order valence-corrected chi connectivity index (χ2v) is 4.51. The molecule has 0 atom stereocenters. The van der Waals surface area contributed by atoms with Crippen molar-refractivity contribution in [1.29, 1.82) is 0 Å². The fourth-order valence-electron chi connectivity index (χ4n) is 1.32. The van der Waals surface area contributed by atoms with Crippen molar-refractivity contribution in [2.75, 3.05) is 0 Å². The van der Waals surface area contributed by atoms with Crippen LogP contribution in [0.15, 0.2) is 22.7 Å². The Labute approximate surface area is 127 Å². The van der Waals surface area contributed by atoms with Crippen molar-refractivity contribution < 1.29 is 32.7 Å². The van der Waals surface area contributed by atoms with Gasteiger partial charge < -0.3 is 4.74 Å². The molecule has 114 valence electrons. The van der Waals surface area contributed by atoms with Crippen molar-refractivity contribution in [3.63, 3.8) is 0 Å². The Hall–Kier alpha value is -1.92. The lowest BCUT2D eigenvalue weighted by Crippen LogP contribution is -2.11. The average molecular weight is 365 g/mol. The Morgan fingerprint density at radius 1 is 1.33 bits per heavy atom. The highest BCUT2D eigenvalue weighted by Crippen LogP contribution is 2.26. The molecule has 0 heterocycles. The van der Waals surface area contributed by atoms with E-state index in [1.807, 2.05) is 0 Å². The Morgan fingerprint density at radius 2 is 1.90 bits per heavy atom. The number of benzene rings is 1. The molecule has 8 heteroatoms. The molecule has 5 nitrogen and oxygen atoms in total. The van der Waals surface area contributed by atoms with Gasteiger partial charge in [0.25, 0.3) is 0 Å². The number of halogens is 3. The van der Waals surface area contributed by atoms with Gasteiger partial charge in [-0.25, -0.2) is 0 Å². The van der Waals surface area contributed by atoms with Crippen molar-refractivity contribution in [1.82, 2.24) is 0 Å². The lowest BCUT2D eigenvalue weighted by molar-refractivity contribution is -0.191. The summed E-state index contributed by atoms with van der Waals surface area (Å²) < 4.78 is 29.2. The summed E-state index contributed by atoms with van der Waals surface area (Å²) in [6.07, 6.45) is 0.172. The van der Waals surface area contributed by atoms with Crippen LogP contribution >= 0.6 is 15.9 Å². The SMILES string of the molecule is CCC(=O)CC(=O)c1ccc(Br)cc1OC(F)F.O=C=O. The molecule has 0 saturated heterocycles. The molecule has 1 rings (SSSR count). The predicted octanol–water partition coefficient (Wildman–Crippen LogP) is 3.02. The Morgan fingerprint density at radius 3 is 2.38 bits per heavy atom. The summed E-state index contributed by atoms with van der Waals surface area (Å²) in [6, 6.07) is 4.16. The lowest BCUT2D eigenvalue weighted by Gasteiger charge is -2.10. The molecule has 0 spiro atoms. The van der Waals surface area contributed by atoms with Gasteiger partial charge in [0.15, 0.2) is 5.78 Å². The van der Waals surface area contributed by atoms with Crippen molar-refractivity contribution >= 4 is 33.6 Å². The summed E-state index contributed by atoms with van der Waals surface area (Å²) in [7, 11) is 0. The van der Waals surface area contributed by atoms with Crippen LogP contribution in [-0.2, 0) is 14.4 Å². The third-order valence-corrected chi connectivity index (χ3v) is 2.71. The van der Waals surface area contributed by atoms with Gasteiger partial charge in [0.1, 0.15) is 11.5 Å². The highest BCUT2D eigenvalue weighted by atomic mass is 79.9. The third kappa shape index (κ3) is 7.43. The number of hydrogen-bond acceptors (Lipinski definition) is 5. The molecule has 0 aliphatic rings. The van der Waals surface area contributed by atoms with Crippen molar-refractivity contribution in [3.8, 4) is 5.75 Å². The summed E-state index contributed by atoms with van der Waals surface area (Å²) >= 11 is 3.10. The number of ether oxygens (including phenoxy) is 1. The number of rotatable bonds is 6. The first-order chi connectivity index (χ1) is 9.85. The molecule has 0 unspecified atom stereocenters. The number of ketones is 2. The van der Waals surface area contributed by atoms with E-state index < -0.39 is 12.4 Å². The standard InChI is InChI=1S/C12H11BrF2O3.CO2/c1-2-8(16)6-10(17)9-4-3-7(13)5-11(9)18-12(14)15;2-1-3/h3-5,12H,2,6H2,1H3;. The molecule has 0 bridgehead atoms. The van der Waals surface area contributed by atoms with Gasteiger partial charge in [-0.3, -0.25) is 9.59 Å². The van der Waals surface area contributed by atoms with Crippen LogP contribution in [0.25, 0.3) is 0 Å². The predicted molar refractivity (Wildman–Crippen MR) is 70.0 cm³/mol. The molecule has 0 aliphatic heterocycles. The third-order valence-electron chi connectivity index (χ3n) is 2.21. The van der Waals surface area contributed by atoms with E-state index in [1.54, 1.807) is 6.92 Å². The first kappa shape index (κ1) is 19.1. The zero-order chi connectivity index (χ0) is 16.4. The minimum absolute atomic E-state index is 0.0136. The first-order valence-corrected chi connectivity index (χ1v) is 6.43. The second kappa shape index (κ2) is 9.90. The molecular formula is C13H11BrF2O5. The maximum Gasteiger partial charge on any atom is 0.387 e. The van der Waals surface area contributed by atoms with Crippen LogP contribution in [0.1, 0.15) is 30.1 Å². The number of alkyl halides is 2. The summed E-state index contributed by atoms with van der Waals surface area (Å²) in [5.41, 5.74) is -0.0136. The van der Waals surface area contributed by atoms with Gasteiger partial charge in [-0.1, -0.05) is 22.9 Å². The molecule has 0 aromatic heterocycles. The average Bonchev–Trinajstić information content (AvgIpc) is 2.38. The van der Waals surface area contributed by atoms with E-state index in [4.69, 9.17) is 9.59 Å². The second-order valence-electron chi connectivity index (χ2n) is 3.59. The summed E-state index contributed by atoms with van der Waals surface area (Å²) in [6.45, 7) is -1.39. The van der Waals surface area contributed by atoms with Gasteiger partial charge in [-0.05, 0) is 18.2 Å². The van der Waals surface area contributed by atoms with E-state index >= 15 is 0 Å². The van der Waals surface area contributed by atoms with E-state index in [9.17, 15) is 18.4 Å². The van der Waals surface area contributed by atoms with Crippen LogP contribution in [-0.4, -0.2) is 24.3 Å². The smallest absolute Gasteiger partial charge is 0.387 e. The number of carbonyl (C=O) groups is 2. The van der Waals surface area contributed by atoms with Gasteiger partial charge in [-0.15, -0.1) is 0 Å². The van der Waals surface area contributed by atoms with Crippen LogP contribution in [0.4, 0.5) is 8.78 Å². The number of Topliss-reactive ketones (excluding diaryl/α,β-unsaturated/α-hetero) is 2. The highest BCUT2D eigenvalue weighted by Gasteiger charge is 2.18. The zero-order valence-corrected chi connectivity index (χ0v) is 12.5. The lowest BCUT2D eigenvalue weighted by atomic mass is 10.0. The Bertz CT molecular complexity index is 539. The molecule has 1 aromatic rings. The topological polar surface area (TPSA) is 77.5 Å². The van der Waals surface area contributed by atoms with Crippen molar-refractivity contribution in [3.05, 3.63) is 28.2 Å². The van der Waals surface area contributed by atoms with Gasteiger partial charge in [0, 0.05) is 10.9 Å². The van der Waals surface area contributed by atoms with Crippen LogP contribution in [0.5, 0.6) is 5.75 Å². The van der Waals surface area contributed by atoms with Crippen LogP contribution in [0.3, 0.4) is 0 Å². The molecular weight excluding hydrogens is 354 g/mol.